The van der Waals surface area contributed by atoms with E-state index in [9.17, 15) is 4.79 Å². The number of hydrogen-bond acceptors (Lipinski definition) is 3. The summed E-state index contributed by atoms with van der Waals surface area (Å²) in [5.41, 5.74) is 2.98. The lowest BCUT2D eigenvalue weighted by atomic mass is 10.1. The molecule has 2 aromatic carbocycles. The molecular weight excluding hydrogens is 312 g/mol. The molecule has 0 spiro atoms. The summed E-state index contributed by atoms with van der Waals surface area (Å²) >= 11 is 0. The molecule has 0 saturated carbocycles. The van der Waals surface area contributed by atoms with E-state index in [-0.39, 0.29) is 5.91 Å². The second-order valence-electron chi connectivity index (χ2n) is 6.24. The van der Waals surface area contributed by atoms with Crippen LogP contribution in [0, 0.1) is 0 Å². The van der Waals surface area contributed by atoms with Crippen molar-refractivity contribution >= 4 is 11.6 Å². The van der Waals surface area contributed by atoms with Crippen LogP contribution in [0.25, 0.3) is 0 Å². The summed E-state index contributed by atoms with van der Waals surface area (Å²) in [6.07, 6.45) is 0.925. The molecule has 0 unspecified atom stereocenters. The Hall–Kier alpha value is -2.33. The van der Waals surface area contributed by atoms with Crippen molar-refractivity contribution in [3.8, 4) is 5.75 Å². The first-order chi connectivity index (χ1) is 12.2. The molecule has 0 atom stereocenters. The molecule has 3 rings (SSSR count). The molecule has 132 valence electrons. The van der Waals surface area contributed by atoms with Crippen LogP contribution in [0.2, 0.25) is 0 Å². The smallest absolute Gasteiger partial charge is 0.258 e. The summed E-state index contributed by atoms with van der Waals surface area (Å²) in [6, 6.07) is 15.6. The molecule has 1 aliphatic heterocycles. The van der Waals surface area contributed by atoms with E-state index in [1.807, 2.05) is 47.4 Å². The minimum Gasteiger partial charge on any atom is -0.492 e. The van der Waals surface area contributed by atoms with Gasteiger partial charge in [-0.2, -0.15) is 0 Å². The fraction of sp³-hybridized carbons (Fsp3) is 0.381. The van der Waals surface area contributed by atoms with Gasteiger partial charge in [-0.1, -0.05) is 32.0 Å². The topological polar surface area (TPSA) is 32.8 Å². The molecule has 1 amide bonds. The van der Waals surface area contributed by atoms with E-state index in [0.717, 1.165) is 44.0 Å². The van der Waals surface area contributed by atoms with E-state index in [1.165, 1.54) is 5.56 Å². The van der Waals surface area contributed by atoms with Gasteiger partial charge in [0.1, 0.15) is 12.4 Å². The fourth-order valence-corrected chi connectivity index (χ4v) is 3.23. The van der Waals surface area contributed by atoms with E-state index in [1.54, 1.807) is 0 Å². The third-order valence-electron chi connectivity index (χ3n) is 4.80. The first kappa shape index (κ1) is 17.5. The molecule has 25 heavy (non-hydrogen) atoms. The predicted octanol–water partition coefficient (Wildman–Crippen LogP) is 3.61. The lowest BCUT2D eigenvalue weighted by Crippen LogP contribution is -2.29. The number of para-hydroxylation sites is 1. The van der Waals surface area contributed by atoms with Crippen LogP contribution in [0.4, 0.5) is 5.69 Å². The van der Waals surface area contributed by atoms with E-state index in [2.05, 4.69) is 24.8 Å². The highest BCUT2D eigenvalue weighted by atomic mass is 16.5. The zero-order chi connectivity index (χ0) is 17.6. The summed E-state index contributed by atoms with van der Waals surface area (Å²) in [5.74, 6) is 0.866. The lowest BCUT2D eigenvalue weighted by Gasteiger charge is -2.19. The molecule has 4 nitrogen and oxygen atoms in total. The highest BCUT2D eigenvalue weighted by Gasteiger charge is 2.24. The number of carbonyl (C=O) groups is 1. The summed E-state index contributed by atoms with van der Waals surface area (Å²) in [5, 5.41) is 0. The number of anilines is 1. The predicted molar refractivity (Wildman–Crippen MR) is 102 cm³/mol. The van der Waals surface area contributed by atoms with Crippen LogP contribution in [0.5, 0.6) is 5.75 Å². The normalized spacial score (nSPS) is 13.2. The quantitative estimate of drug-likeness (QED) is 0.773. The van der Waals surface area contributed by atoms with Gasteiger partial charge in [0.2, 0.25) is 0 Å². The van der Waals surface area contributed by atoms with Crippen molar-refractivity contribution in [2.45, 2.75) is 20.3 Å². The Labute approximate surface area is 150 Å². The molecular formula is C21H26N2O2. The van der Waals surface area contributed by atoms with E-state index in [4.69, 9.17) is 4.74 Å². The molecule has 0 radical (unpaired) electrons. The Morgan fingerprint density at radius 1 is 1.08 bits per heavy atom. The van der Waals surface area contributed by atoms with Gasteiger partial charge in [-0.05, 0) is 55.4 Å². The van der Waals surface area contributed by atoms with Crippen molar-refractivity contribution in [3.05, 3.63) is 59.7 Å². The summed E-state index contributed by atoms with van der Waals surface area (Å²) in [6.45, 7) is 8.70. The largest absolute Gasteiger partial charge is 0.492 e. The van der Waals surface area contributed by atoms with Gasteiger partial charge in [-0.3, -0.25) is 4.79 Å². The van der Waals surface area contributed by atoms with Crippen molar-refractivity contribution in [1.29, 1.82) is 0 Å². The number of carbonyl (C=O) groups excluding carboxylic acids is 1. The van der Waals surface area contributed by atoms with Gasteiger partial charge in [0.25, 0.3) is 5.91 Å². The maximum absolute atomic E-state index is 12.8. The molecule has 0 aromatic heterocycles. The van der Waals surface area contributed by atoms with E-state index >= 15 is 0 Å². The highest BCUT2D eigenvalue weighted by molar-refractivity contribution is 6.07. The molecule has 1 heterocycles. The van der Waals surface area contributed by atoms with Crippen LogP contribution in [0.1, 0.15) is 29.8 Å². The zero-order valence-corrected chi connectivity index (χ0v) is 15.1. The van der Waals surface area contributed by atoms with Gasteiger partial charge in [-0.15, -0.1) is 0 Å². The van der Waals surface area contributed by atoms with Gasteiger partial charge in [-0.25, -0.2) is 0 Å². The number of likely N-dealkylation sites (N-methyl/N-ethyl adjacent to an activating group) is 1. The summed E-state index contributed by atoms with van der Waals surface area (Å²) in [7, 11) is 0. The van der Waals surface area contributed by atoms with Crippen molar-refractivity contribution in [2.75, 3.05) is 37.7 Å². The Morgan fingerprint density at radius 3 is 2.52 bits per heavy atom. The molecule has 0 N–H and O–H groups in total. The zero-order valence-electron chi connectivity index (χ0n) is 15.1. The number of fused-ring (bicyclic) bond motifs is 1. The second-order valence-corrected chi connectivity index (χ2v) is 6.24. The Kier molecular flexibility index (Phi) is 5.71. The Morgan fingerprint density at radius 2 is 1.80 bits per heavy atom. The van der Waals surface area contributed by atoms with Crippen molar-refractivity contribution in [1.82, 2.24) is 4.90 Å². The van der Waals surface area contributed by atoms with Gasteiger partial charge >= 0.3 is 0 Å². The standard InChI is InChI=1S/C21H26N2O2/c1-3-22(4-2)15-16-25-19-11-9-18(10-12-19)21(24)23-14-13-17-7-5-6-8-20(17)23/h5-12H,3-4,13-16H2,1-2H3. The number of rotatable bonds is 7. The van der Waals surface area contributed by atoms with Gasteiger partial charge in [0, 0.05) is 24.3 Å². The average molecular weight is 338 g/mol. The van der Waals surface area contributed by atoms with Gasteiger partial charge in [0.05, 0.1) is 0 Å². The van der Waals surface area contributed by atoms with E-state index in [0.29, 0.717) is 12.2 Å². The van der Waals surface area contributed by atoms with Crippen LogP contribution in [-0.2, 0) is 6.42 Å². The molecule has 0 aliphatic carbocycles. The summed E-state index contributed by atoms with van der Waals surface area (Å²) in [4.78, 5) is 17.0. The minimum atomic E-state index is 0.0552. The molecule has 0 fully saturated rings. The lowest BCUT2D eigenvalue weighted by molar-refractivity contribution is 0.0989. The van der Waals surface area contributed by atoms with E-state index < -0.39 is 0 Å². The third-order valence-corrected chi connectivity index (χ3v) is 4.80. The van der Waals surface area contributed by atoms with Crippen molar-refractivity contribution in [2.24, 2.45) is 0 Å². The maximum Gasteiger partial charge on any atom is 0.258 e. The highest BCUT2D eigenvalue weighted by Crippen LogP contribution is 2.29. The van der Waals surface area contributed by atoms with Crippen LogP contribution >= 0.6 is 0 Å². The number of benzene rings is 2. The molecule has 0 saturated heterocycles. The van der Waals surface area contributed by atoms with Crippen LogP contribution in [-0.4, -0.2) is 43.6 Å². The number of ether oxygens (including phenoxy) is 1. The Balaban J connectivity index is 1.60. The molecule has 0 bridgehead atoms. The monoisotopic (exact) mass is 338 g/mol. The first-order valence-corrected chi connectivity index (χ1v) is 9.08. The second kappa shape index (κ2) is 8.17. The number of amides is 1. The molecule has 4 heteroatoms. The number of hydrogen-bond donors (Lipinski definition) is 0. The van der Waals surface area contributed by atoms with Gasteiger partial charge < -0.3 is 14.5 Å². The fourth-order valence-electron chi connectivity index (χ4n) is 3.23. The van der Waals surface area contributed by atoms with Crippen LogP contribution in [0.3, 0.4) is 0 Å². The molecule has 2 aromatic rings. The van der Waals surface area contributed by atoms with Crippen LogP contribution < -0.4 is 9.64 Å². The minimum absolute atomic E-state index is 0.0552. The van der Waals surface area contributed by atoms with Crippen LogP contribution in [0.15, 0.2) is 48.5 Å². The van der Waals surface area contributed by atoms with Gasteiger partial charge in [0.15, 0.2) is 0 Å². The molecule has 1 aliphatic rings. The SMILES string of the molecule is CCN(CC)CCOc1ccc(C(=O)N2CCc3ccccc32)cc1. The maximum atomic E-state index is 12.8. The average Bonchev–Trinajstić information content (AvgIpc) is 3.09. The Bertz CT molecular complexity index is 708. The van der Waals surface area contributed by atoms with Crippen molar-refractivity contribution in [3.63, 3.8) is 0 Å². The van der Waals surface area contributed by atoms with Crippen molar-refractivity contribution < 1.29 is 9.53 Å². The third kappa shape index (κ3) is 4.02. The summed E-state index contributed by atoms with van der Waals surface area (Å²) < 4.78 is 5.79. The first-order valence-electron chi connectivity index (χ1n) is 9.08. The number of nitrogens with zero attached hydrogens (tertiary/aromatic N) is 2.